The van der Waals surface area contributed by atoms with Gasteiger partial charge in [0.1, 0.15) is 0 Å². The smallest absolute Gasteiger partial charge is 0.236 e. The maximum Gasteiger partial charge on any atom is 0.236 e. The first-order chi connectivity index (χ1) is 6.90. The average Bonchev–Trinajstić information content (AvgIpc) is 2.14. The zero-order valence-corrected chi connectivity index (χ0v) is 11.0. The number of carbonyl (C=O) groups is 1. The molecule has 4 heteroatoms. The maximum atomic E-state index is 11.9. The Balaban J connectivity index is 2.39. The van der Waals surface area contributed by atoms with E-state index in [2.05, 4.69) is 33.0 Å². The van der Waals surface area contributed by atoms with Gasteiger partial charge in [0.2, 0.25) is 5.91 Å². The van der Waals surface area contributed by atoms with Crippen molar-refractivity contribution < 1.29 is 4.79 Å². The summed E-state index contributed by atoms with van der Waals surface area (Å²) in [6.45, 7) is 9.72. The molecular weight excluding hydrogens is 208 g/mol. The van der Waals surface area contributed by atoms with Gasteiger partial charge in [-0.05, 0) is 27.7 Å². The Kier molecular flexibility index (Phi) is 4.46. The number of carbonyl (C=O) groups excluding carboxylic acids is 1. The fraction of sp³-hybridized carbons (Fsp3) is 0.909. The van der Waals surface area contributed by atoms with E-state index in [1.54, 1.807) is 0 Å². The van der Waals surface area contributed by atoms with Crippen molar-refractivity contribution in [3.8, 4) is 0 Å². The predicted molar refractivity (Wildman–Crippen MR) is 66.3 cm³/mol. The van der Waals surface area contributed by atoms with Crippen LogP contribution in [-0.4, -0.2) is 47.0 Å². The molecule has 3 nitrogen and oxygen atoms in total. The number of thioether (sulfide) groups is 1. The largest absolute Gasteiger partial charge is 0.337 e. The third-order valence-corrected chi connectivity index (χ3v) is 3.65. The molecule has 1 saturated heterocycles. The lowest BCUT2D eigenvalue weighted by atomic mass is 10.1. The zero-order chi connectivity index (χ0) is 11.5. The fourth-order valence-corrected chi connectivity index (χ4v) is 2.55. The van der Waals surface area contributed by atoms with Gasteiger partial charge in [0.05, 0.1) is 6.54 Å². The second-order valence-electron chi connectivity index (χ2n) is 5.11. The van der Waals surface area contributed by atoms with Gasteiger partial charge in [-0.3, -0.25) is 4.79 Å². The van der Waals surface area contributed by atoms with Crippen LogP contribution in [0.5, 0.6) is 0 Å². The molecule has 1 fully saturated rings. The summed E-state index contributed by atoms with van der Waals surface area (Å²) in [5, 5.41) is 3.24. The first-order valence-electron chi connectivity index (χ1n) is 5.52. The van der Waals surface area contributed by atoms with Gasteiger partial charge in [0, 0.05) is 29.6 Å². The highest BCUT2D eigenvalue weighted by Gasteiger charge is 2.24. The first kappa shape index (κ1) is 12.8. The Bertz CT molecular complexity index is 225. The summed E-state index contributed by atoms with van der Waals surface area (Å²) in [5.74, 6) is 2.38. The van der Waals surface area contributed by atoms with Crippen LogP contribution in [0, 0.1) is 0 Å². The van der Waals surface area contributed by atoms with Gasteiger partial charge >= 0.3 is 0 Å². The van der Waals surface area contributed by atoms with Crippen LogP contribution in [0.3, 0.4) is 0 Å². The van der Waals surface area contributed by atoms with Crippen LogP contribution in [0.2, 0.25) is 0 Å². The molecule has 15 heavy (non-hydrogen) atoms. The summed E-state index contributed by atoms with van der Waals surface area (Å²) >= 11 is 1.93. The molecule has 0 radical (unpaired) electrons. The van der Waals surface area contributed by atoms with Gasteiger partial charge in [-0.25, -0.2) is 0 Å². The molecule has 1 unspecified atom stereocenters. The van der Waals surface area contributed by atoms with Crippen molar-refractivity contribution in [1.82, 2.24) is 10.2 Å². The van der Waals surface area contributed by atoms with E-state index in [9.17, 15) is 4.79 Å². The van der Waals surface area contributed by atoms with E-state index in [1.807, 2.05) is 16.7 Å². The molecule has 1 N–H and O–H groups in total. The van der Waals surface area contributed by atoms with E-state index >= 15 is 0 Å². The van der Waals surface area contributed by atoms with Gasteiger partial charge in [-0.15, -0.1) is 0 Å². The molecule has 0 aliphatic carbocycles. The van der Waals surface area contributed by atoms with Crippen molar-refractivity contribution in [3.05, 3.63) is 0 Å². The minimum Gasteiger partial charge on any atom is -0.337 e. The number of amides is 1. The SMILES string of the molecule is CC1CSCCN1C(=O)CNC(C)(C)C. The number of nitrogens with zero attached hydrogens (tertiary/aromatic N) is 1. The fourth-order valence-electron chi connectivity index (χ4n) is 1.54. The van der Waals surface area contributed by atoms with Gasteiger partial charge in [0.15, 0.2) is 0 Å². The van der Waals surface area contributed by atoms with Crippen LogP contribution in [0.1, 0.15) is 27.7 Å². The summed E-state index contributed by atoms with van der Waals surface area (Å²) in [7, 11) is 0. The Labute approximate surface area is 97.0 Å². The van der Waals surface area contributed by atoms with E-state index in [-0.39, 0.29) is 11.4 Å². The summed E-state index contributed by atoms with van der Waals surface area (Å²) in [5.41, 5.74) is 0.0173. The van der Waals surface area contributed by atoms with Crippen molar-refractivity contribution in [2.75, 3.05) is 24.6 Å². The lowest BCUT2D eigenvalue weighted by molar-refractivity contribution is -0.132. The molecule has 0 aromatic heterocycles. The van der Waals surface area contributed by atoms with Crippen LogP contribution >= 0.6 is 11.8 Å². The molecule has 1 amide bonds. The number of nitrogens with one attached hydrogen (secondary N) is 1. The molecule has 0 saturated carbocycles. The number of hydrogen-bond acceptors (Lipinski definition) is 3. The Hall–Kier alpha value is -0.220. The van der Waals surface area contributed by atoms with E-state index in [4.69, 9.17) is 0 Å². The second kappa shape index (κ2) is 5.21. The first-order valence-corrected chi connectivity index (χ1v) is 6.68. The van der Waals surface area contributed by atoms with Crippen LogP contribution in [0.25, 0.3) is 0 Å². The molecule has 1 aliphatic rings. The van der Waals surface area contributed by atoms with Gasteiger partial charge in [-0.1, -0.05) is 0 Å². The minimum absolute atomic E-state index is 0.0173. The summed E-state index contributed by atoms with van der Waals surface area (Å²) in [6.07, 6.45) is 0. The summed E-state index contributed by atoms with van der Waals surface area (Å²) < 4.78 is 0. The van der Waals surface area contributed by atoms with Crippen molar-refractivity contribution >= 4 is 17.7 Å². The number of rotatable bonds is 2. The predicted octanol–water partition coefficient (Wildman–Crippen LogP) is 1.34. The Morgan fingerprint density at radius 1 is 1.53 bits per heavy atom. The van der Waals surface area contributed by atoms with Crippen LogP contribution in [0.15, 0.2) is 0 Å². The van der Waals surface area contributed by atoms with Crippen molar-refractivity contribution in [2.45, 2.75) is 39.3 Å². The second-order valence-corrected chi connectivity index (χ2v) is 6.26. The molecular formula is C11H22N2OS. The summed E-state index contributed by atoms with van der Waals surface area (Å²) in [4.78, 5) is 13.9. The highest BCUT2D eigenvalue weighted by Crippen LogP contribution is 2.15. The number of hydrogen-bond donors (Lipinski definition) is 1. The lowest BCUT2D eigenvalue weighted by Crippen LogP contribution is -2.50. The zero-order valence-electron chi connectivity index (χ0n) is 10.2. The third kappa shape index (κ3) is 4.43. The summed E-state index contributed by atoms with van der Waals surface area (Å²) in [6, 6.07) is 0.387. The van der Waals surface area contributed by atoms with Crippen LogP contribution in [-0.2, 0) is 4.79 Å². The maximum absolute atomic E-state index is 11.9. The Morgan fingerprint density at radius 2 is 2.20 bits per heavy atom. The van der Waals surface area contributed by atoms with Gasteiger partial charge in [0.25, 0.3) is 0 Å². The van der Waals surface area contributed by atoms with Crippen molar-refractivity contribution in [1.29, 1.82) is 0 Å². The van der Waals surface area contributed by atoms with E-state index in [0.717, 1.165) is 18.1 Å². The van der Waals surface area contributed by atoms with E-state index in [1.165, 1.54) is 0 Å². The molecule has 1 atom stereocenters. The molecule has 1 rings (SSSR count). The molecule has 0 aromatic carbocycles. The quantitative estimate of drug-likeness (QED) is 0.777. The normalized spacial score (nSPS) is 22.9. The molecule has 1 aliphatic heterocycles. The van der Waals surface area contributed by atoms with E-state index < -0.39 is 0 Å². The molecule has 88 valence electrons. The topological polar surface area (TPSA) is 32.3 Å². The highest BCUT2D eigenvalue weighted by molar-refractivity contribution is 7.99. The molecule has 0 bridgehead atoms. The third-order valence-electron chi connectivity index (χ3n) is 2.46. The van der Waals surface area contributed by atoms with Gasteiger partial charge < -0.3 is 10.2 Å². The average molecular weight is 230 g/mol. The van der Waals surface area contributed by atoms with Crippen LogP contribution in [0.4, 0.5) is 0 Å². The lowest BCUT2D eigenvalue weighted by Gasteiger charge is -2.34. The Morgan fingerprint density at radius 3 is 2.73 bits per heavy atom. The van der Waals surface area contributed by atoms with Crippen LogP contribution < -0.4 is 5.32 Å². The monoisotopic (exact) mass is 230 g/mol. The highest BCUT2D eigenvalue weighted by atomic mass is 32.2. The molecule has 1 heterocycles. The molecule has 0 aromatic rings. The van der Waals surface area contributed by atoms with Crippen molar-refractivity contribution in [2.24, 2.45) is 0 Å². The van der Waals surface area contributed by atoms with Crippen molar-refractivity contribution in [3.63, 3.8) is 0 Å². The molecule has 0 spiro atoms. The standard InChI is InChI=1S/C11H22N2OS/c1-9-8-15-6-5-13(9)10(14)7-12-11(2,3)4/h9,12H,5-8H2,1-4H3. The van der Waals surface area contributed by atoms with Gasteiger partial charge in [-0.2, -0.15) is 11.8 Å². The minimum atomic E-state index is 0.0173. The van der Waals surface area contributed by atoms with E-state index in [0.29, 0.717) is 12.6 Å².